The Kier molecular flexibility index (Phi) is 3.34. The van der Waals surface area contributed by atoms with Gasteiger partial charge in [-0.25, -0.2) is 0 Å². The summed E-state index contributed by atoms with van der Waals surface area (Å²) >= 11 is 4.60. The second kappa shape index (κ2) is 5.29. The molecule has 2 heteroatoms. The molecule has 1 heterocycles. The highest BCUT2D eigenvalue weighted by atomic mass is 32.1. The molecule has 3 rings (SSSR count). The molecule has 0 saturated carbocycles. The molecule has 1 aromatic heterocycles. The molecule has 1 nitrogen and oxygen atoms in total. The number of nitrogens with zero attached hydrogens (tertiary/aromatic N) is 1. The van der Waals surface area contributed by atoms with E-state index in [4.69, 9.17) is 0 Å². The zero-order valence-electron chi connectivity index (χ0n) is 10.3. The summed E-state index contributed by atoms with van der Waals surface area (Å²) in [5, 5.41) is 0. The maximum Gasteiger partial charge on any atom is 0.0708 e. The predicted octanol–water partition coefficient (Wildman–Crippen LogP) is 4.70. The van der Waals surface area contributed by atoms with E-state index in [9.17, 15) is 0 Å². The topological polar surface area (TPSA) is 12.9 Å². The highest BCUT2D eigenvalue weighted by molar-refractivity contribution is 7.80. The molecule has 0 unspecified atom stereocenters. The van der Waals surface area contributed by atoms with E-state index >= 15 is 0 Å². The first-order chi connectivity index (χ1) is 9.36. The molecule has 0 aliphatic heterocycles. The molecule has 0 saturated heterocycles. The van der Waals surface area contributed by atoms with Gasteiger partial charge < -0.3 is 0 Å². The van der Waals surface area contributed by atoms with Crippen molar-refractivity contribution in [1.29, 1.82) is 0 Å². The summed E-state index contributed by atoms with van der Waals surface area (Å²) in [6, 6.07) is 22.4. The number of benzene rings is 2. The van der Waals surface area contributed by atoms with Crippen LogP contribution in [-0.2, 0) is 0 Å². The largest absolute Gasteiger partial charge is 0.256 e. The summed E-state index contributed by atoms with van der Waals surface area (Å²) in [6.45, 7) is 0. The molecular formula is C17H13NS. The van der Waals surface area contributed by atoms with E-state index in [0.29, 0.717) is 0 Å². The monoisotopic (exact) mass is 263 g/mol. The average molecular weight is 263 g/mol. The van der Waals surface area contributed by atoms with E-state index in [1.165, 1.54) is 0 Å². The van der Waals surface area contributed by atoms with Gasteiger partial charge in [0.2, 0.25) is 0 Å². The standard InChI is InChI=1S/C17H13NS/c19-16-11-6-9-14(15-10-4-5-12-18-15)17(16)13-7-2-1-3-8-13/h1-12,19H. The van der Waals surface area contributed by atoms with Gasteiger partial charge in [-0.2, -0.15) is 0 Å². The van der Waals surface area contributed by atoms with Crippen LogP contribution in [0.4, 0.5) is 0 Å². The maximum atomic E-state index is 4.60. The van der Waals surface area contributed by atoms with Crippen LogP contribution in [0.25, 0.3) is 22.4 Å². The van der Waals surface area contributed by atoms with Crippen molar-refractivity contribution in [2.24, 2.45) is 0 Å². The van der Waals surface area contributed by atoms with Crippen molar-refractivity contribution >= 4 is 12.6 Å². The summed E-state index contributed by atoms with van der Waals surface area (Å²) < 4.78 is 0. The van der Waals surface area contributed by atoms with Crippen molar-refractivity contribution < 1.29 is 0 Å². The van der Waals surface area contributed by atoms with E-state index in [2.05, 4.69) is 35.8 Å². The van der Waals surface area contributed by atoms with Crippen molar-refractivity contribution in [3.8, 4) is 22.4 Å². The lowest BCUT2D eigenvalue weighted by molar-refractivity contribution is 1.31. The van der Waals surface area contributed by atoms with Crippen LogP contribution in [0.15, 0.2) is 77.8 Å². The highest BCUT2D eigenvalue weighted by Gasteiger charge is 2.10. The first-order valence-corrected chi connectivity index (χ1v) is 6.60. The normalized spacial score (nSPS) is 10.4. The molecule has 0 amide bonds. The zero-order chi connectivity index (χ0) is 13.1. The average Bonchev–Trinajstić information content (AvgIpc) is 2.49. The molecule has 0 spiro atoms. The van der Waals surface area contributed by atoms with Gasteiger partial charge in [-0.05, 0) is 23.8 Å². The van der Waals surface area contributed by atoms with E-state index in [0.717, 1.165) is 27.3 Å². The molecule has 0 atom stereocenters. The number of hydrogen-bond acceptors (Lipinski definition) is 2. The Labute approximate surface area is 118 Å². The van der Waals surface area contributed by atoms with E-state index in [-0.39, 0.29) is 0 Å². The van der Waals surface area contributed by atoms with Crippen molar-refractivity contribution in [2.45, 2.75) is 4.90 Å². The predicted molar refractivity (Wildman–Crippen MR) is 82.4 cm³/mol. The molecule has 0 fully saturated rings. The number of rotatable bonds is 2. The SMILES string of the molecule is Sc1cccc(-c2ccccn2)c1-c1ccccc1. The smallest absolute Gasteiger partial charge is 0.0708 e. The summed E-state index contributed by atoms with van der Waals surface area (Å²) in [5.41, 5.74) is 4.37. The third kappa shape index (κ3) is 2.40. The molecule has 92 valence electrons. The third-order valence-corrected chi connectivity index (χ3v) is 3.42. The fraction of sp³-hybridized carbons (Fsp3) is 0. The van der Waals surface area contributed by atoms with Crippen LogP contribution in [0.5, 0.6) is 0 Å². The fourth-order valence-electron chi connectivity index (χ4n) is 2.18. The molecule has 3 aromatic rings. The zero-order valence-corrected chi connectivity index (χ0v) is 11.2. The molecule has 0 radical (unpaired) electrons. The minimum absolute atomic E-state index is 0.967. The van der Waals surface area contributed by atoms with Crippen LogP contribution in [0, 0.1) is 0 Å². The van der Waals surface area contributed by atoms with Gasteiger partial charge >= 0.3 is 0 Å². The van der Waals surface area contributed by atoms with Crippen LogP contribution in [0.1, 0.15) is 0 Å². The quantitative estimate of drug-likeness (QED) is 0.661. The summed E-state index contributed by atoms with van der Waals surface area (Å²) in [6.07, 6.45) is 1.81. The molecule has 19 heavy (non-hydrogen) atoms. The van der Waals surface area contributed by atoms with Gasteiger partial charge in [0.05, 0.1) is 5.69 Å². The van der Waals surface area contributed by atoms with Gasteiger partial charge in [0.25, 0.3) is 0 Å². The van der Waals surface area contributed by atoms with Crippen molar-refractivity contribution in [1.82, 2.24) is 4.98 Å². The number of aromatic nitrogens is 1. The molecule has 0 aliphatic carbocycles. The Morgan fingerprint density at radius 2 is 1.53 bits per heavy atom. The van der Waals surface area contributed by atoms with E-state index in [1.807, 2.05) is 54.7 Å². The molecule has 0 bridgehead atoms. The van der Waals surface area contributed by atoms with Crippen molar-refractivity contribution in [3.05, 3.63) is 72.9 Å². The first-order valence-electron chi connectivity index (χ1n) is 6.15. The van der Waals surface area contributed by atoms with Crippen LogP contribution in [0.3, 0.4) is 0 Å². The Balaban J connectivity index is 2.25. The Morgan fingerprint density at radius 1 is 0.737 bits per heavy atom. The second-order valence-corrected chi connectivity index (χ2v) is 4.76. The summed E-state index contributed by atoms with van der Waals surface area (Å²) in [4.78, 5) is 5.41. The lowest BCUT2D eigenvalue weighted by Crippen LogP contribution is -1.89. The van der Waals surface area contributed by atoms with Gasteiger partial charge in [0.15, 0.2) is 0 Å². The molecular weight excluding hydrogens is 250 g/mol. The molecule has 0 N–H and O–H groups in total. The van der Waals surface area contributed by atoms with Gasteiger partial charge in [-0.1, -0.05) is 48.5 Å². The lowest BCUT2D eigenvalue weighted by Gasteiger charge is -2.11. The van der Waals surface area contributed by atoms with Crippen LogP contribution in [0.2, 0.25) is 0 Å². The van der Waals surface area contributed by atoms with E-state index < -0.39 is 0 Å². The lowest BCUT2D eigenvalue weighted by atomic mass is 9.97. The molecule has 2 aromatic carbocycles. The molecule has 0 aliphatic rings. The Bertz CT molecular complexity index is 678. The van der Waals surface area contributed by atoms with Gasteiger partial charge in [0, 0.05) is 22.2 Å². The minimum Gasteiger partial charge on any atom is -0.256 e. The van der Waals surface area contributed by atoms with Gasteiger partial charge in [-0.3, -0.25) is 4.98 Å². The number of pyridine rings is 1. The highest BCUT2D eigenvalue weighted by Crippen LogP contribution is 2.35. The van der Waals surface area contributed by atoms with Crippen LogP contribution >= 0.6 is 12.6 Å². The maximum absolute atomic E-state index is 4.60. The Morgan fingerprint density at radius 3 is 2.26 bits per heavy atom. The third-order valence-electron chi connectivity index (χ3n) is 3.05. The van der Waals surface area contributed by atoms with Crippen LogP contribution < -0.4 is 0 Å². The second-order valence-electron chi connectivity index (χ2n) is 4.28. The van der Waals surface area contributed by atoms with E-state index in [1.54, 1.807) is 0 Å². The van der Waals surface area contributed by atoms with Crippen molar-refractivity contribution in [3.63, 3.8) is 0 Å². The number of hydrogen-bond donors (Lipinski definition) is 1. The van der Waals surface area contributed by atoms with Gasteiger partial charge in [0.1, 0.15) is 0 Å². The first kappa shape index (κ1) is 12.0. The Hall–Kier alpha value is -2.06. The fourth-order valence-corrected chi connectivity index (χ4v) is 2.52. The summed E-state index contributed by atoms with van der Waals surface area (Å²) in [7, 11) is 0. The number of thiol groups is 1. The van der Waals surface area contributed by atoms with Gasteiger partial charge in [-0.15, -0.1) is 12.6 Å². The minimum atomic E-state index is 0.967. The van der Waals surface area contributed by atoms with Crippen LogP contribution in [-0.4, -0.2) is 4.98 Å². The van der Waals surface area contributed by atoms with Crippen molar-refractivity contribution in [2.75, 3.05) is 0 Å². The summed E-state index contributed by atoms with van der Waals surface area (Å²) in [5.74, 6) is 0.